The van der Waals surface area contributed by atoms with Crippen molar-refractivity contribution in [3.05, 3.63) is 51.2 Å². The van der Waals surface area contributed by atoms with Crippen molar-refractivity contribution in [2.24, 2.45) is 10.7 Å². The molecule has 0 unspecified atom stereocenters. The Morgan fingerprint density at radius 3 is 3.04 bits per heavy atom. The van der Waals surface area contributed by atoms with Gasteiger partial charge in [0, 0.05) is 32.7 Å². The lowest BCUT2D eigenvalue weighted by Crippen LogP contribution is -2.41. The predicted octanol–water partition coefficient (Wildman–Crippen LogP) is 3.28. The van der Waals surface area contributed by atoms with E-state index in [-0.39, 0.29) is 11.9 Å². The van der Waals surface area contributed by atoms with Crippen LogP contribution in [0.3, 0.4) is 0 Å². The summed E-state index contributed by atoms with van der Waals surface area (Å²) in [5.74, 6) is -0.0895. The number of nitrogens with two attached hydrogens (primary N) is 1. The highest BCUT2D eigenvalue weighted by atomic mass is 32.1. The molecular formula is C21H25N5OS. The maximum atomic E-state index is 13.0. The highest BCUT2D eigenvalue weighted by Gasteiger charge is 2.21. The third kappa shape index (κ3) is 4.58. The first-order valence-electron chi connectivity index (χ1n) is 9.35. The summed E-state index contributed by atoms with van der Waals surface area (Å²) >= 11 is 1.41. The number of aliphatic imine (C=N–C) groups is 1. The van der Waals surface area contributed by atoms with E-state index in [1.165, 1.54) is 11.3 Å². The fourth-order valence-electron chi connectivity index (χ4n) is 3.30. The summed E-state index contributed by atoms with van der Waals surface area (Å²) in [5.41, 5.74) is 9.16. The van der Waals surface area contributed by atoms with Crippen molar-refractivity contribution in [2.75, 3.05) is 20.1 Å². The van der Waals surface area contributed by atoms with Crippen LogP contribution in [-0.2, 0) is 6.54 Å². The van der Waals surface area contributed by atoms with Crippen LogP contribution in [0.4, 0.5) is 5.69 Å². The first-order chi connectivity index (χ1) is 13.5. The van der Waals surface area contributed by atoms with Crippen molar-refractivity contribution in [1.29, 1.82) is 5.26 Å². The van der Waals surface area contributed by atoms with E-state index < -0.39 is 0 Å². The molecule has 1 atom stereocenters. The number of likely N-dealkylation sites (tertiary alicyclic amines) is 1. The van der Waals surface area contributed by atoms with Crippen molar-refractivity contribution in [2.45, 2.75) is 32.4 Å². The molecule has 146 valence electrons. The molecule has 0 bridgehead atoms. The average Bonchev–Trinajstić information content (AvgIpc) is 3.06. The predicted molar refractivity (Wildman–Crippen MR) is 113 cm³/mol. The Bertz CT molecular complexity index is 914. The molecule has 1 aliphatic heterocycles. The number of hydrogen-bond donors (Lipinski definition) is 1. The fourth-order valence-corrected chi connectivity index (χ4v) is 4.29. The van der Waals surface area contributed by atoms with Gasteiger partial charge >= 0.3 is 0 Å². The summed E-state index contributed by atoms with van der Waals surface area (Å²) in [4.78, 5) is 22.0. The van der Waals surface area contributed by atoms with Crippen molar-refractivity contribution in [3.8, 4) is 6.07 Å². The maximum absolute atomic E-state index is 13.0. The minimum absolute atomic E-state index is 0.0895. The molecule has 0 aliphatic carbocycles. The number of carbonyl (C=O) groups excluding carboxylic acids is 1. The van der Waals surface area contributed by atoms with Gasteiger partial charge in [0.2, 0.25) is 0 Å². The molecule has 1 saturated heterocycles. The quantitative estimate of drug-likeness (QED) is 0.622. The van der Waals surface area contributed by atoms with Crippen molar-refractivity contribution >= 4 is 29.3 Å². The van der Waals surface area contributed by atoms with Gasteiger partial charge in [-0.1, -0.05) is 18.2 Å². The summed E-state index contributed by atoms with van der Waals surface area (Å²) < 4.78 is 0. The number of carbonyl (C=O) groups is 1. The van der Waals surface area contributed by atoms with Gasteiger partial charge in [0.25, 0.3) is 5.91 Å². The van der Waals surface area contributed by atoms with E-state index in [1.54, 1.807) is 18.0 Å². The van der Waals surface area contributed by atoms with Crippen LogP contribution in [0.2, 0.25) is 0 Å². The summed E-state index contributed by atoms with van der Waals surface area (Å²) in [6.07, 6.45) is 3.92. The summed E-state index contributed by atoms with van der Waals surface area (Å²) in [5, 5.41) is 11.2. The van der Waals surface area contributed by atoms with Gasteiger partial charge in [0.05, 0.1) is 23.7 Å². The first-order valence-corrected chi connectivity index (χ1v) is 10.2. The molecule has 1 aromatic heterocycles. The van der Waals surface area contributed by atoms with E-state index in [0.29, 0.717) is 17.0 Å². The summed E-state index contributed by atoms with van der Waals surface area (Å²) in [6.45, 7) is 4.08. The second kappa shape index (κ2) is 9.00. The van der Waals surface area contributed by atoms with Crippen LogP contribution in [0.15, 0.2) is 34.6 Å². The lowest BCUT2D eigenvalue weighted by atomic mass is 10.1. The third-order valence-corrected chi connectivity index (χ3v) is 5.94. The zero-order valence-corrected chi connectivity index (χ0v) is 17.1. The van der Waals surface area contributed by atoms with Crippen LogP contribution >= 0.6 is 11.3 Å². The van der Waals surface area contributed by atoms with Gasteiger partial charge in [-0.2, -0.15) is 5.26 Å². The molecule has 0 radical (unpaired) electrons. The van der Waals surface area contributed by atoms with Crippen LogP contribution in [0.25, 0.3) is 0 Å². The Morgan fingerprint density at radius 1 is 1.50 bits per heavy atom. The molecule has 7 heteroatoms. The summed E-state index contributed by atoms with van der Waals surface area (Å²) in [7, 11) is 1.75. The molecule has 1 fully saturated rings. The topological polar surface area (TPSA) is 85.7 Å². The van der Waals surface area contributed by atoms with Gasteiger partial charge in [-0.15, -0.1) is 11.3 Å². The van der Waals surface area contributed by atoms with Crippen LogP contribution in [0.1, 0.15) is 39.2 Å². The minimum atomic E-state index is -0.0895. The number of amides is 1. The SMILES string of the molecule is Cc1csc(C(=O)N(C)Cc2ccccc2C#N)c1/N=C/N1CCC[C@@H](N)C1. The zero-order valence-electron chi connectivity index (χ0n) is 16.3. The average molecular weight is 396 g/mol. The van der Waals surface area contributed by atoms with Crippen LogP contribution < -0.4 is 5.73 Å². The molecule has 1 aliphatic rings. The monoisotopic (exact) mass is 395 g/mol. The van der Waals surface area contributed by atoms with E-state index in [9.17, 15) is 10.1 Å². The number of thiophene rings is 1. The Morgan fingerprint density at radius 2 is 2.29 bits per heavy atom. The van der Waals surface area contributed by atoms with Gasteiger partial charge in [-0.3, -0.25) is 4.79 Å². The van der Waals surface area contributed by atoms with Gasteiger partial charge in [-0.25, -0.2) is 4.99 Å². The first kappa shape index (κ1) is 20.1. The number of piperidine rings is 1. The van der Waals surface area contributed by atoms with Crippen molar-refractivity contribution in [3.63, 3.8) is 0 Å². The number of benzene rings is 1. The molecule has 28 heavy (non-hydrogen) atoms. The molecule has 6 nitrogen and oxygen atoms in total. The number of nitriles is 1. The van der Waals surface area contributed by atoms with E-state index in [0.717, 1.165) is 42.7 Å². The van der Waals surface area contributed by atoms with Crippen LogP contribution in [-0.4, -0.2) is 48.2 Å². The molecule has 1 aromatic carbocycles. The summed E-state index contributed by atoms with van der Waals surface area (Å²) in [6, 6.07) is 9.70. The minimum Gasteiger partial charge on any atom is -0.361 e. The lowest BCUT2D eigenvalue weighted by molar-refractivity contribution is 0.0790. The molecule has 2 N–H and O–H groups in total. The fraction of sp³-hybridized carbons (Fsp3) is 0.381. The van der Waals surface area contributed by atoms with E-state index in [1.807, 2.05) is 36.8 Å². The Balaban J connectivity index is 1.76. The molecule has 0 spiro atoms. The van der Waals surface area contributed by atoms with E-state index in [2.05, 4.69) is 16.0 Å². The number of nitrogens with zero attached hydrogens (tertiary/aromatic N) is 4. The van der Waals surface area contributed by atoms with Gasteiger partial charge < -0.3 is 15.5 Å². The molecule has 3 rings (SSSR count). The largest absolute Gasteiger partial charge is 0.361 e. The Labute approximate surface area is 169 Å². The van der Waals surface area contributed by atoms with Crippen molar-refractivity contribution < 1.29 is 4.79 Å². The maximum Gasteiger partial charge on any atom is 0.266 e. The standard InChI is InChI=1S/C21H25N5OS/c1-15-13-28-20(19(15)24-14-26-9-5-8-18(23)12-26)21(27)25(2)11-17-7-4-3-6-16(17)10-22/h3-4,6-7,13-14,18H,5,8-9,11-12,23H2,1-2H3/b24-14+/t18-/m1/s1. The number of aryl methyl sites for hydroxylation is 1. The number of hydrogen-bond acceptors (Lipinski definition) is 5. The van der Waals surface area contributed by atoms with Crippen LogP contribution in [0.5, 0.6) is 0 Å². The second-order valence-corrected chi connectivity index (χ2v) is 8.05. The smallest absolute Gasteiger partial charge is 0.266 e. The highest BCUT2D eigenvalue weighted by molar-refractivity contribution is 7.12. The van der Waals surface area contributed by atoms with Crippen molar-refractivity contribution in [1.82, 2.24) is 9.80 Å². The van der Waals surface area contributed by atoms with E-state index >= 15 is 0 Å². The Hall–Kier alpha value is -2.69. The molecule has 2 heterocycles. The second-order valence-electron chi connectivity index (χ2n) is 7.17. The highest BCUT2D eigenvalue weighted by Crippen LogP contribution is 2.31. The van der Waals surface area contributed by atoms with Crippen LogP contribution in [0, 0.1) is 18.3 Å². The normalized spacial score (nSPS) is 16.9. The number of rotatable bonds is 5. The molecule has 0 saturated carbocycles. The van der Waals surface area contributed by atoms with Gasteiger partial charge in [0.15, 0.2) is 0 Å². The lowest BCUT2D eigenvalue weighted by Gasteiger charge is -2.28. The molecular weight excluding hydrogens is 370 g/mol. The van der Waals surface area contributed by atoms with Gasteiger partial charge in [-0.05, 0) is 42.3 Å². The van der Waals surface area contributed by atoms with E-state index in [4.69, 9.17) is 5.73 Å². The molecule has 2 aromatic rings. The van der Waals surface area contributed by atoms with Gasteiger partial charge in [0.1, 0.15) is 4.88 Å². The molecule has 1 amide bonds. The zero-order chi connectivity index (χ0) is 20.1. The Kier molecular flexibility index (Phi) is 6.45. The third-order valence-electron chi connectivity index (χ3n) is 4.87.